The van der Waals surface area contributed by atoms with Gasteiger partial charge in [0.25, 0.3) is 0 Å². The van der Waals surface area contributed by atoms with E-state index in [1.807, 2.05) is 13.3 Å². The molecule has 1 unspecified atom stereocenters. The Morgan fingerprint density at radius 2 is 2.27 bits per heavy atom. The highest BCUT2D eigenvalue weighted by molar-refractivity contribution is 7.98. The number of nitrogens with two attached hydrogens (primary N) is 1. The molecule has 4 nitrogen and oxygen atoms in total. The fourth-order valence-electron chi connectivity index (χ4n) is 1.24. The molecule has 0 aromatic heterocycles. The van der Waals surface area contributed by atoms with Gasteiger partial charge in [-0.15, -0.1) is 0 Å². The molecule has 0 spiro atoms. The molecule has 2 N–H and O–H groups in total. The smallest absolute Gasteiger partial charge is 0.248 e. The molecule has 0 aromatic carbocycles. The van der Waals surface area contributed by atoms with E-state index in [2.05, 4.69) is 6.92 Å². The number of hydrogen-bond donors (Lipinski definition) is 1. The zero-order valence-corrected chi connectivity index (χ0v) is 10.7. The number of nitrogens with zero attached hydrogens (tertiary/aromatic N) is 1. The number of thioether (sulfide) groups is 1. The van der Waals surface area contributed by atoms with Gasteiger partial charge in [-0.25, -0.2) is 0 Å². The molecule has 0 bridgehead atoms. The Labute approximate surface area is 96.5 Å². The lowest BCUT2D eigenvalue weighted by Gasteiger charge is -2.26. The van der Waals surface area contributed by atoms with Crippen molar-refractivity contribution in [2.45, 2.75) is 19.4 Å². The lowest BCUT2D eigenvalue weighted by Crippen LogP contribution is -2.40. The highest BCUT2D eigenvalue weighted by atomic mass is 32.2. The van der Waals surface area contributed by atoms with E-state index in [1.54, 1.807) is 16.7 Å². The van der Waals surface area contributed by atoms with Crippen LogP contribution in [0.4, 0.5) is 0 Å². The summed E-state index contributed by atoms with van der Waals surface area (Å²) < 4.78 is 5.12. The first-order valence-electron chi connectivity index (χ1n) is 5.19. The molecule has 0 aromatic rings. The van der Waals surface area contributed by atoms with Crippen molar-refractivity contribution >= 4 is 17.7 Å². The van der Waals surface area contributed by atoms with Crippen molar-refractivity contribution in [2.75, 3.05) is 38.8 Å². The van der Waals surface area contributed by atoms with E-state index < -0.39 is 0 Å². The van der Waals surface area contributed by atoms with Crippen LogP contribution in [0.1, 0.15) is 13.3 Å². The van der Waals surface area contributed by atoms with Crippen molar-refractivity contribution in [2.24, 2.45) is 5.73 Å². The molecule has 5 heteroatoms. The fourth-order valence-corrected chi connectivity index (χ4v) is 2.09. The Bertz CT molecular complexity index is 179. The number of hydrogen-bond acceptors (Lipinski definition) is 4. The molecule has 0 aliphatic rings. The van der Waals surface area contributed by atoms with Crippen LogP contribution in [0.5, 0.6) is 0 Å². The van der Waals surface area contributed by atoms with Crippen LogP contribution in [-0.4, -0.2) is 55.7 Å². The summed E-state index contributed by atoms with van der Waals surface area (Å²) in [6.45, 7) is 3.13. The molecule has 0 radical (unpaired) electrons. The van der Waals surface area contributed by atoms with E-state index in [0.29, 0.717) is 19.2 Å². The maximum Gasteiger partial charge on any atom is 0.248 e. The third kappa shape index (κ3) is 6.02. The molecule has 1 amide bonds. The number of amides is 1. The Morgan fingerprint density at radius 3 is 2.73 bits per heavy atom. The van der Waals surface area contributed by atoms with E-state index >= 15 is 0 Å². The summed E-state index contributed by atoms with van der Waals surface area (Å²) in [7, 11) is 1.83. The van der Waals surface area contributed by atoms with E-state index in [0.717, 1.165) is 12.2 Å². The van der Waals surface area contributed by atoms with Crippen LogP contribution in [0.25, 0.3) is 0 Å². The third-order valence-electron chi connectivity index (χ3n) is 2.26. The van der Waals surface area contributed by atoms with Gasteiger partial charge in [0.2, 0.25) is 5.91 Å². The van der Waals surface area contributed by atoms with Crippen LogP contribution >= 0.6 is 11.8 Å². The van der Waals surface area contributed by atoms with Gasteiger partial charge < -0.3 is 15.4 Å². The maximum absolute atomic E-state index is 11.6. The second-order valence-corrected chi connectivity index (χ2v) is 4.27. The van der Waals surface area contributed by atoms with Gasteiger partial charge in [0.05, 0.1) is 6.61 Å². The van der Waals surface area contributed by atoms with Gasteiger partial charge >= 0.3 is 0 Å². The Morgan fingerprint density at radius 1 is 1.60 bits per heavy atom. The van der Waals surface area contributed by atoms with Crippen LogP contribution in [0.15, 0.2) is 0 Å². The van der Waals surface area contributed by atoms with E-state index in [9.17, 15) is 4.79 Å². The van der Waals surface area contributed by atoms with Crippen molar-refractivity contribution < 1.29 is 9.53 Å². The summed E-state index contributed by atoms with van der Waals surface area (Å²) in [6.07, 6.45) is 3.02. The maximum atomic E-state index is 11.6. The molecule has 0 saturated carbocycles. The molecular formula is C10H22N2O2S. The summed E-state index contributed by atoms with van der Waals surface area (Å²) in [5, 5.41) is 0. The van der Waals surface area contributed by atoms with Gasteiger partial charge in [0.15, 0.2) is 0 Å². The standard InChI is InChI=1S/C10H22N2O2S/c1-4-9(8-15-3)12(2)10(13)7-14-6-5-11/h9H,4-8,11H2,1-3H3. The summed E-state index contributed by atoms with van der Waals surface area (Å²) in [6, 6.07) is 0.300. The third-order valence-corrected chi connectivity index (χ3v) is 2.98. The minimum atomic E-state index is 0.0318. The van der Waals surface area contributed by atoms with E-state index in [1.165, 1.54) is 0 Å². The number of carbonyl (C=O) groups excluding carboxylic acids is 1. The molecular weight excluding hydrogens is 212 g/mol. The molecule has 0 rings (SSSR count). The van der Waals surface area contributed by atoms with Crippen LogP contribution < -0.4 is 5.73 Å². The molecule has 0 saturated heterocycles. The van der Waals surface area contributed by atoms with Gasteiger partial charge in [-0.05, 0) is 12.7 Å². The first kappa shape index (κ1) is 14.7. The summed E-state index contributed by atoms with van der Waals surface area (Å²) in [5.74, 6) is 1.000. The monoisotopic (exact) mass is 234 g/mol. The Hall–Kier alpha value is -0.260. The minimum Gasteiger partial charge on any atom is -0.370 e. The summed E-state index contributed by atoms with van der Waals surface area (Å²) >= 11 is 1.75. The van der Waals surface area contributed by atoms with Gasteiger partial charge in [-0.3, -0.25) is 4.79 Å². The Kier molecular flexibility index (Phi) is 8.85. The van der Waals surface area contributed by atoms with Crippen LogP contribution in [0.2, 0.25) is 0 Å². The largest absolute Gasteiger partial charge is 0.370 e. The minimum absolute atomic E-state index is 0.0318. The lowest BCUT2D eigenvalue weighted by molar-refractivity contribution is -0.136. The van der Waals surface area contributed by atoms with Gasteiger partial charge in [-0.2, -0.15) is 11.8 Å². The first-order chi connectivity index (χ1) is 7.17. The molecule has 15 heavy (non-hydrogen) atoms. The average molecular weight is 234 g/mol. The van der Waals surface area contributed by atoms with Crippen LogP contribution in [0.3, 0.4) is 0 Å². The van der Waals surface area contributed by atoms with Gasteiger partial charge in [0.1, 0.15) is 6.61 Å². The number of ether oxygens (including phenoxy) is 1. The topological polar surface area (TPSA) is 55.6 Å². The average Bonchev–Trinajstić information content (AvgIpc) is 2.25. The molecule has 0 fully saturated rings. The van der Waals surface area contributed by atoms with Crippen molar-refractivity contribution in [3.8, 4) is 0 Å². The zero-order valence-electron chi connectivity index (χ0n) is 9.86. The van der Waals surface area contributed by atoms with Crippen molar-refractivity contribution in [1.29, 1.82) is 0 Å². The normalized spacial score (nSPS) is 12.5. The highest BCUT2D eigenvalue weighted by Gasteiger charge is 2.17. The SMILES string of the molecule is CCC(CSC)N(C)C(=O)COCCN. The van der Waals surface area contributed by atoms with Crippen LogP contribution in [-0.2, 0) is 9.53 Å². The van der Waals surface area contributed by atoms with Crippen molar-refractivity contribution in [3.05, 3.63) is 0 Å². The predicted octanol–water partition coefficient (Wildman–Crippen LogP) is 0.562. The van der Waals surface area contributed by atoms with Crippen molar-refractivity contribution in [1.82, 2.24) is 4.90 Å². The molecule has 1 atom stereocenters. The summed E-state index contributed by atoms with van der Waals surface area (Å²) in [5.41, 5.74) is 5.27. The van der Waals surface area contributed by atoms with Crippen molar-refractivity contribution in [3.63, 3.8) is 0 Å². The zero-order chi connectivity index (χ0) is 11.7. The first-order valence-corrected chi connectivity index (χ1v) is 6.59. The van der Waals surface area contributed by atoms with Gasteiger partial charge in [-0.1, -0.05) is 6.92 Å². The summed E-state index contributed by atoms with van der Waals surface area (Å²) in [4.78, 5) is 13.4. The molecule has 90 valence electrons. The molecule has 0 aliphatic heterocycles. The second-order valence-electron chi connectivity index (χ2n) is 3.36. The van der Waals surface area contributed by atoms with Crippen LogP contribution in [0, 0.1) is 0 Å². The predicted molar refractivity (Wildman–Crippen MR) is 65.1 cm³/mol. The highest BCUT2D eigenvalue weighted by Crippen LogP contribution is 2.08. The quantitative estimate of drug-likeness (QED) is 0.624. The fraction of sp³-hybridized carbons (Fsp3) is 0.900. The lowest BCUT2D eigenvalue weighted by atomic mass is 10.2. The van der Waals surface area contributed by atoms with Gasteiger partial charge in [0, 0.05) is 25.4 Å². The molecule has 0 aliphatic carbocycles. The van der Waals surface area contributed by atoms with E-state index in [4.69, 9.17) is 10.5 Å². The Balaban J connectivity index is 3.92. The van der Waals surface area contributed by atoms with E-state index in [-0.39, 0.29) is 12.5 Å². The number of carbonyl (C=O) groups is 1. The number of rotatable bonds is 8. The number of likely N-dealkylation sites (N-methyl/N-ethyl adjacent to an activating group) is 1. The second kappa shape index (κ2) is 9.00. The molecule has 0 heterocycles.